The summed E-state index contributed by atoms with van der Waals surface area (Å²) >= 11 is 0. The Labute approximate surface area is 106 Å². The van der Waals surface area contributed by atoms with E-state index in [1.807, 2.05) is 18.2 Å². The first-order valence-electron chi connectivity index (χ1n) is 6.09. The van der Waals surface area contributed by atoms with Gasteiger partial charge in [0.05, 0.1) is 5.69 Å². The highest BCUT2D eigenvalue weighted by molar-refractivity contribution is 5.99. The molecule has 0 saturated carbocycles. The first kappa shape index (κ1) is 12.9. The van der Waals surface area contributed by atoms with Gasteiger partial charge in [0.15, 0.2) is 6.10 Å². The van der Waals surface area contributed by atoms with E-state index in [1.54, 1.807) is 11.8 Å². The van der Waals surface area contributed by atoms with E-state index in [0.717, 1.165) is 11.3 Å². The Morgan fingerprint density at radius 2 is 2.28 bits per heavy atom. The second kappa shape index (κ2) is 5.37. The van der Waals surface area contributed by atoms with Crippen molar-refractivity contribution in [3.05, 3.63) is 23.8 Å². The minimum atomic E-state index is -0.486. The zero-order valence-electron chi connectivity index (χ0n) is 10.4. The van der Waals surface area contributed by atoms with E-state index in [9.17, 15) is 4.79 Å². The van der Waals surface area contributed by atoms with E-state index in [0.29, 0.717) is 25.3 Å². The number of aliphatic hydroxyl groups is 1. The molecule has 5 nitrogen and oxygen atoms in total. The van der Waals surface area contributed by atoms with Gasteiger partial charge in [0.25, 0.3) is 5.91 Å². The molecule has 0 spiro atoms. The number of benzene rings is 1. The second-order valence-electron chi connectivity index (χ2n) is 4.33. The van der Waals surface area contributed by atoms with Crippen molar-refractivity contribution in [3.63, 3.8) is 0 Å². The van der Waals surface area contributed by atoms with Crippen LogP contribution in [-0.4, -0.2) is 30.3 Å². The fourth-order valence-electron chi connectivity index (χ4n) is 2.04. The van der Waals surface area contributed by atoms with Crippen molar-refractivity contribution in [1.82, 2.24) is 0 Å². The van der Waals surface area contributed by atoms with Crippen LogP contribution >= 0.6 is 0 Å². The Morgan fingerprint density at radius 1 is 1.50 bits per heavy atom. The first-order valence-corrected chi connectivity index (χ1v) is 6.09. The molecular formula is C13H18N2O3. The van der Waals surface area contributed by atoms with Gasteiger partial charge in [-0.1, -0.05) is 6.07 Å². The van der Waals surface area contributed by atoms with Gasteiger partial charge in [-0.15, -0.1) is 0 Å². The number of nitrogens with zero attached hydrogens (tertiary/aromatic N) is 1. The molecule has 1 heterocycles. The van der Waals surface area contributed by atoms with Gasteiger partial charge in [-0.25, -0.2) is 0 Å². The highest BCUT2D eigenvalue weighted by Crippen LogP contribution is 2.34. The maximum atomic E-state index is 12.1. The quantitative estimate of drug-likeness (QED) is 0.822. The number of nitrogens with two attached hydrogens (primary N) is 1. The highest BCUT2D eigenvalue weighted by Gasteiger charge is 2.31. The Bertz CT molecular complexity index is 448. The molecular weight excluding hydrogens is 232 g/mol. The predicted octanol–water partition coefficient (Wildman–Crippen LogP) is 0.642. The third kappa shape index (κ3) is 2.32. The van der Waals surface area contributed by atoms with Gasteiger partial charge in [-0.05, 0) is 31.0 Å². The summed E-state index contributed by atoms with van der Waals surface area (Å²) in [5.41, 5.74) is 7.30. The third-order valence-electron chi connectivity index (χ3n) is 3.01. The predicted molar refractivity (Wildman–Crippen MR) is 68.5 cm³/mol. The van der Waals surface area contributed by atoms with Crippen LogP contribution in [0.25, 0.3) is 0 Å². The number of ether oxygens (including phenoxy) is 1. The van der Waals surface area contributed by atoms with Crippen molar-refractivity contribution >= 4 is 11.6 Å². The van der Waals surface area contributed by atoms with E-state index >= 15 is 0 Å². The molecule has 98 valence electrons. The molecule has 1 aliphatic heterocycles. The number of hydrogen-bond donors (Lipinski definition) is 2. The Morgan fingerprint density at radius 3 is 2.94 bits per heavy atom. The summed E-state index contributed by atoms with van der Waals surface area (Å²) in [4.78, 5) is 13.7. The lowest BCUT2D eigenvalue weighted by molar-refractivity contribution is -0.125. The molecule has 0 bridgehead atoms. The molecule has 0 fully saturated rings. The van der Waals surface area contributed by atoms with Crippen LogP contribution in [-0.2, 0) is 11.3 Å². The fourth-order valence-corrected chi connectivity index (χ4v) is 2.04. The second-order valence-corrected chi connectivity index (χ2v) is 4.33. The number of carbonyl (C=O) groups excluding carboxylic acids is 1. The van der Waals surface area contributed by atoms with Crippen LogP contribution < -0.4 is 15.4 Å². The molecule has 3 N–H and O–H groups in total. The molecule has 1 amide bonds. The molecule has 0 aromatic heterocycles. The Kier molecular flexibility index (Phi) is 3.84. The number of carbonyl (C=O) groups is 1. The molecule has 0 radical (unpaired) electrons. The lowest BCUT2D eigenvalue weighted by atomic mass is 10.1. The number of fused-ring (bicyclic) bond motifs is 1. The number of anilines is 1. The average molecular weight is 250 g/mol. The third-order valence-corrected chi connectivity index (χ3v) is 3.01. The van der Waals surface area contributed by atoms with Gasteiger partial charge in [0.2, 0.25) is 0 Å². The van der Waals surface area contributed by atoms with Crippen LogP contribution in [0.4, 0.5) is 5.69 Å². The van der Waals surface area contributed by atoms with Gasteiger partial charge >= 0.3 is 0 Å². The summed E-state index contributed by atoms with van der Waals surface area (Å²) < 4.78 is 5.56. The largest absolute Gasteiger partial charge is 0.479 e. The zero-order valence-corrected chi connectivity index (χ0v) is 10.4. The number of hydrogen-bond acceptors (Lipinski definition) is 4. The first-order chi connectivity index (χ1) is 8.67. The Hall–Kier alpha value is -1.59. The molecule has 1 unspecified atom stereocenters. The zero-order chi connectivity index (χ0) is 13.1. The van der Waals surface area contributed by atoms with Crippen molar-refractivity contribution in [1.29, 1.82) is 0 Å². The molecule has 1 aromatic carbocycles. The summed E-state index contributed by atoms with van der Waals surface area (Å²) in [6.07, 6.45) is 0.0602. The molecule has 5 heteroatoms. The fraction of sp³-hybridized carbons (Fsp3) is 0.462. The molecule has 1 aliphatic rings. The molecule has 1 atom stereocenters. The molecule has 1 aromatic rings. The van der Waals surface area contributed by atoms with Crippen LogP contribution in [0, 0.1) is 0 Å². The molecule has 2 rings (SSSR count). The van der Waals surface area contributed by atoms with E-state index in [-0.39, 0.29) is 12.5 Å². The van der Waals surface area contributed by atoms with Gasteiger partial charge in [-0.3, -0.25) is 4.79 Å². The summed E-state index contributed by atoms with van der Waals surface area (Å²) in [6, 6.07) is 5.61. The van der Waals surface area contributed by atoms with E-state index in [4.69, 9.17) is 15.6 Å². The maximum Gasteiger partial charge on any atom is 0.267 e. The molecule has 18 heavy (non-hydrogen) atoms. The molecule has 0 aliphatic carbocycles. The van der Waals surface area contributed by atoms with Gasteiger partial charge < -0.3 is 20.5 Å². The normalized spacial score (nSPS) is 18.5. The standard InChI is InChI=1S/C13H18N2O3/c1-9-13(17)15(5-2-6-16)11-7-10(8-14)3-4-12(11)18-9/h3-4,7,9,16H,2,5-6,8,14H2,1H3. The topological polar surface area (TPSA) is 75.8 Å². The average Bonchev–Trinajstić information content (AvgIpc) is 2.39. The lowest BCUT2D eigenvalue weighted by Gasteiger charge is -2.33. The number of amides is 1. The smallest absolute Gasteiger partial charge is 0.267 e. The highest BCUT2D eigenvalue weighted by atomic mass is 16.5. The van der Waals surface area contributed by atoms with Crippen LogP contribution in [0.15, 0.2) is 18.2 Å². The lowest BCUT2D eigenvalue weighted by Crippen LogP contribution is -2.45. The Balaban J connectivity index is 2.36. The van der Waals surface area contributed by atoms with Crippen LogP contribution in [0.3, 0.4) is 0 Å². The van der Waals surface area contributed by atoms with E-state index in [2.05, 4.69) is 0 Å². The molecule has 0 saturated heterocycles. The minimum absolute atomic E-state index is 0.0604. The van der Waals surface area contributed by atoms with Gasteiger partial charge in [0, 0.05) is 19.7 Å². The summed E-state index contributed by atoms with van der Waals surface area (Å²) in [5.74, 6) is 0.613. The number of aliphatic hydroxyl groups excluding tert-OH is 1. The van der Waals surface area contributed by atoms with Gasteiger partial charge in [-0.2, -0.15) is 0 Å². The maximum absolute atomic E-state index is 12.1. The van der Waals surface area contributed by atoms with Crippen molar-refractivity contribution in [2.45, 2.75) is 26.0 Å². The summed E-state index contributed by atoms with van der Waals surface area (Å²) in [7, 11) is 0. The summed E-state index contributed by atoms with van der Waals surface area (Å²) in [6.45, 7) is 2.70. The van der Waals surface area contributed by atoms with Crippen LogP contribution in [0.2, 0.25) is 0 Å². The summed E-state index contributed by atoms with van der Waals surface area (Å²) in [5, 5.41) is 8.91. The van der Waals surface area contributed by atoms with Crippen molar-refractivity contribution in [2.75, 3.05) is 18.1 Å². The SMILES string of the molecule is CC1Oc2ccc(CN)cc2N(CCCO)C1=O. The van der Waals surface area contributed by atoms with Crippen LogP contribution in [0.1, 0.15) is 18.9 Å². The van der Waals surface area contributed by atoms with Gasteiger partial charge in [0.1, 0.15) is 5.75 Å². The monoisotopic (exact) mass is 250 g/mol. The van der Waals surface area contributed by atoms with E-state index in [1.165, 1.54) is 0 Å². The van der Waals surface area contributed by atoms with Crippen molar-refractivity contribution in [2.24, 2.45) is 5.73 Å². The van der Waals surface area contributed by atoms with Crippen molar-refractivity contribution < 1.29 is 14.6 Å². The van der Waals surface area contributed by atoms with Crippen molar-refractivity contribution in [3.8, 4) is 5.75 Å². The minimum Gasteiger partial charge on any atom is -0.479 e. The van der Waals surface area contributed by atoms with Crippen LogP contribution in [0.5, 0.6) is 5.75 Å². The number of rotatable bonds is 4. The van der Waals surface area contributed by atoms with E-state index < -0.39 is 6.10 Å².